The van der Waals surface area contributed by atoms with Gasteiger partial charge in [0.05, 0.1) is 6.61 Å². The molecule has 0 radical (unpaired) electrons. The zero-order valence-electron chi connectivity index (χ0n) is 12.8. The SMILES string of the molecule is CC(C)(C)[Si](C)(C)OCC=CC(O)N1CCCC1=O. The van der Waals surface area contributed by atoms with E-state index in [1.165, 1.54) is 4.90 Å². The summed E-state index contributed by atoms with van der Waals surface area (Å²) >= 11 is 0. The van der Waals surface area contributed by atoms with Gasteiger partial charge in [-0.05, 0) is 30.6 Å². The van der Waals surface area contributed by atoms with Crippen LogP contribution >= 0.6 is 0 Å². The van der Waals surface area contributed by atoms with Crippen LogP contribution in [0.15, 0.2) is 12.2 Å². The number of hydrogen-bond donors (Lipinski definition) is 1. The Morgan fingerprint density at radius 2 is 2.11 bits per heavy atom. The summed E-state index contributed by atoms with van der Waals surface area (Å²) in [4.78, 5) is 12.9. The van der Waals surface area contributed by atoms with Gasteiger partial charge >= 0.3 is 0 Å². The highest BCUT2D eigenvalue weighted by atomic mass is 28.4. The molecule has 19 heavy (non-hydrogen) atoms. The van der Waals surface area contributed by atoms with Crippen molar-refractivity contribution in [1.82, 2.24) is 4.90 Å². The Kier molecular flexibility index (Phi) is 5.35. The Morgan fingerprint density at radius 1 is 1.47 bits per heavy atom. The fourth-order valence-electron chi connectivity index (χ4n) is 1.70. The summed E-state index contributed by atoms with van der Waals surface area (Å²) in [6.07, 6.45) is 4.04. The van der Waals surface area contributed by atoms with E-state index in [1.54, 1.807) is 6.08 Å². The van der Waals surface area contributed by atoms with E-state index < -0.39 is 14.5 Å². The molecule has 1 atom stereocenters. The summed E-state index contributed by atoms with van der Waals surface area (Å²) in [5.74, 6) is 0.0301. The van der Waals surface area contributed by atoms with Gasteiger partial charge in [0, 0.05) is 13.0 Å². The molecule has 1 unspecified atom stereocenters. The molecule has 1 N–H and O–H groups in total. The molecule has 1 saturated heterocycles. The predicted octanol–water partition coefficient (Wildman–Crippen LogP) is 2.51. The molecule has 1 rings (SSSR count). The molecule has 1 aliphatic heterocycles. The Bertz CT molecular complexity index is 347. The van der Waals surface area contributed by atoms with E-state index in [0.717, 1.165) is 6.42 Å². The Morgan fingerprint density at radius 3 is 2.58 bits per heavy atom. The first kappa shape index (κ1) is 16.4. The maximum Gasteiger partial charge on any atom is 0.224 e. The van der Waals surface area contributed by atoms with Crippen molar-refractivity contribution in [3.63, 3.8) is 0 Å². The van der Waals surface area contributed by atoms with E-state index >= 15 is 0 Å². The van der Waals surface area contributed by atoms with Crippen LogP contribution < -0.4 is 0 Å². The van der Waals surface area contributed by atoms with Crippen LogP contribution in [0.3, 0.4) is 0 Å². The van der Waals surface area contributed by atoms with Gasteiger partial charge in [0.25, 0.3) is 0 Å². The molecule has 0 aromatic heterocycles. The molecular weight excluding hydrogens is 258 g/mol. The highest BCUT2D eigenvalue weighted by Crippen LogP contribution is 2.36. The minimum absolute atomic E-state index is 0.0301. The first-order valence-electron chi connectivity index (χ1n) is 6.93. The van der Waals surface area contributed by atoms with Crippen molar-refractivity contribution in [3.8, 4) is 0 Å². The third-order valence-corrected chi connectivity index (χ3v) is 8.58. The van der Waals surface area contributed by atoms with Gasteiger partial charge in [-0.1, -0.05) is 26.8 Å². The summed E-state index contributed by atoms with van der Waals surface area (Å²) in [6, 6.07) is 0. The second kappa shape index (κ2) is 6.20. The smallest absolute Gasteiger partial charge is 0.224 e. The summed E-state index contributed by atoms with van der Waals surface area (Å²) in [7, 11) is -1.74. The highest BCUT2D eigenvalue weighted by molar-refractivity contribution is 6.74. The molecule has 0 aromatic carbocycles. The fraction of sp³-hybridized carbons (Fsp3) is 0.786. The molecule has 4 nitrogen and oxygen atoms in total. The molecule has 0 aliphatic carbocycles. The van der Waals surface area contributed by atoms with Crippen molar-refractivity contribution in [2.45, 2.75) is 58.0 Å². The number of carbonyl (C=O) groups is 1. The quantitative estimate of drug-likeness (QED) is 0.624. The first-order valence-corrected chi connectivity index (χ1v) is 9.84. The average Bonchev–Trinajstić information content (AvgIpc) is 2.69. The lowest BCUT2D eigenvalue weighted by molar-refractivity contribution is -0.133. The molecule has 1 amide bonds. The number of hydrogen-bond acceptors (Lipinski definition) is 3. The summed E-state index contributed by atoms with van der Waals surface area (Å²) in [5.41, 5.74) is 0. The first-order chi connectivity index (χ1) is 8.65. The van der Waals surface area contributed by atoms with Crippen LogP contribution in [-0.2, 0) is 9.22 Å². The highest BCUT2D eigenvalue weighted by Gasteiger charge is 2.36. The molecule has 1 heterocycles. The van der Waals surface area contributed by atoms with Crippen LogP contribution in [-0.4, -0.2) is 43.6 Å². The van der Waals surface area contributed by atoms with Gasteiger partial charge in [-0.25, -0.2) is 0 Å². The van der Waals surface area contributed by atoms with E-state index in [2.05, 4.69) is 33.9 Å². The van der Waals surface area contributed by atoms with Gasteiger partial charge < -0.3 is 14.4 Å². The lowest BCUT2D eigenvalue weighted by atomic mass is 10.2. The number of carbonyl (C=O) groups excluding carboxylic acids is 1. The normalized spacial score (nSPS) is 19.5. The number of likely N-dealkylation sites (tertiary alicyclic amines) is 1. The van der Waals surface area contributed by atoms with Crippen LogP contribution in [0.1, 0.15) is 33.6 Å². The largest absolute Gasteiger partial charge is 0.413 e. The molecule has 0 aromatic rings. The zero-order valence-corrected chi connectivity index (χ0v) is 13.8. The molecule has 0 spiro atoms. The van der Waals surface area contributed by atoms with Crippen molar-refractivity contribution in [2.75, 3.05) is 13.2 Å². The van der Waals surface area contributed by atoms with E-state index in [1.807, 2.05) is 6.08 Å². The maximum atomic E-state index is 11.4. The van der Waals surface area contributed by atoms with Crippen LogP contribution in [0.5, 0.6) is 0 Å². The Balaban J connectivity index is 2.40. The standard InChI is InChI=1S/C14H27NO3Si/c1-14(2,3)19(4,5)18-11-7-9-13(17)15-10-6-8-12(15)16/h7,9,13,17H,6,8,10-11H2,1-5H3. The van der Waals surface area contributed by atoms with Gasteiger partial charge in [0.15, 0.2) is 8.32 Å². The molecule has 1 aliphatic rings. The lowest BCUT2D eigenvalue weighted by Gasteiger charge is -2.35. The van der Waals surface area contributed by atoms with E-state index in [4.69, 9.17) is 4.43 Å². The maximum absolute atomic E-state index is 11.4. The average molecular weight is 285 g/mol. The van der Waals surface area contributed by atoms with Crippen molar-refractivity contribution >= 4 is 14.2 Å². The van der Waals surface area contributed by atoms with Crippen molar-refractivity contribution < 1.29 is 14.3 Å². The second-order valence-electron chi connectivity index (χ2n) is 6.60. The number of aliphatic hydroxyl groups is 1. The Hall–Kier alpha value is -0.653. The fourth-order valence-corrected chi connectivity index (χ4v) is 2.65. The predicted molar refractivity (Wildman–Crippen MR) is 79.2 cm³/mol. The summed E-state index contributed by atoms with van der Waals surface area (Å²) in [6.45, 7) is 12.1. The van der Waals surface area contributed by atoms with Gasteiger partial charge in [-0.3, -0.25) is 4.79 Å². The van der Waals surface area contributed by atoms with Crippen LogP contribution in [0.2, 0.25) is 18.1 Å². The van der Waals surface area contributed by atoms with Crippen molar-refractivity contribution in [1.29, 1.82) is 0 Å². The minimum Gasteiger partial charge on any atom is -0.413 e. The van der Waals surface area contributed by atoms with E-state index in [0.29, 0.717) is 19.6 Å². The van der Waals surface area contributed by atoms with E-state index in [9.17, 15) is 9.90 Å². The van der Waals surface area contributed by atoms with Gasteiger partial charge in [0.1, 0.15) is 6.23 Å². The van der Waals surface area contributed by atoms with Crippen molar-refractivity contribution in [2.24, 2.45) is 0 Å². The van der Waals surface area contributed by atoms with Gasteiger partial charge in [-0.15, -0.1) is 0 Å². The Labute approximate surface area is 117 Å². The van der Waals surface area contributed by atoms with E-state index in [-0.39, 0.29) is 10.9 Å². The van der Waals surface area contributed by atoms with Crippen LogP contribution in [0.25, 0.3) is 0 Å². The molecule has 5 heteroatoms. The monoisotopic (exact) mass is 285 g/mol. The topological polar surface area (TPSA) is 49.8 Å². The number of amides is 1. The second-order valence-corrected chi connectivity index (χ2v) is 11.4. The van der Waals surface area contributed by atoms with Crippen molar-refractivity contribution in [3.05, 3.63) is 12.2 Å². The molecule has 110 valence electrons. The van der Waals surface area contributed by atoms with Gasteiger partial charge in [-0.2, -0.15) is 0 Å². The number of aliphatic hydroxyl groups excluding tert-OH is 1. The van der Waals surface area contributed by atoms with Crippen LogP contribution in [0, 0.1) is 0 Å². The third kappa shape index (κ3) is 4.44. The third-order valence-electron chi connectivity index (χ3n) is 4.08. The van der Waals surface area contributed by atoms with Gasteiger partial charge in [0.2, 0.25) is 5.91 Å². The minimum atomic E-state index is -1.74. The summed E-state index contributed by atoms with van der Waals surface area (Å²) < 4.78 is 5.97. The molecular formula is C14H27NO3Si. The van der Waals surface area contributed by atoms with Crippen LogP contribution in [0.4, 0.5) is 0 Å². The zero-order chi connectivity index (χ0) is 14.7. The summed E-state index contributed by atoms with van der Waals surface area (Å²) in [5, 5.41) is 10.1. The number of nitrogens with zero attached hydrogens (tertiary/aromatic N) is 1. The lowest BCUT2D eigenvalue weighted by Crippen LogP contribution is -2.40. The number of rotatable bonds is 5. The molecule has 0 bridgehead atoms. The molecule has 0 saturated carbocycles. The molecule has 1 fully saturated rings.